The third-order valence-corrected chi connectivity index (χ3v) is 5.30. The van der Waals surface area contributed by atoms with Gasteiger partial charge in [0.25, 0.3) is 0 Å². The van der Waals surface area contributed by atoms with E-state index in [0.717, 1.165) is 50.5 Å². The third kappa shape index (κ3) is 11.6. The van der Waals surface area contributed by atoms with E-state index in [1.807, 2.05) is 0 Å². The van der Waals surface area contributed by atoms with Crippen LogP contribution >= 0.6 is 24.8 Å². The molecule has 6 heteroatoms. The lowest BCUT2D eigenvalue weighted by atomic mass is 10.0. The van der Waals surface area contributed by atoms with Crippen molar-refractivity contribution in [3.63, 3.8) is 0 Å². The smallest absolute Gasteiger partial charge is 0.161 e. The molecule has 0 amide bonds. The number of hydrogen-bond donors (Lipinski definition) is 2. The molecule has 4 nitrogen and oxygen atoms in total. The predicted molar refractivity (Wildman–Crippen MR) is 137 cm³/mol. The molecule has 0 fully saturated rings. The number of halogens is 2. The molecule has 0 bridgehead atoms. The minimum Gasteiger partial charge on any atom is -0.493 e. The molecule has 0 aliphatic rings. The third-order valence-electron chi connectivity index (χ3n) is 5.30. The molecule has 0 spiro atoms. The molecule has 0 radical (unpaired) electrons. The Labute approximate surface area is 201 Å². The number of nitrogens with one attached hydrogen (secondary N) is 2. The standard InChI is InChI=1S/C25H38N2O2.2ClH/c1-21-19-24(28-2)25(29-3)20-23(21)14-18-27-16-10-5-4-9-15-26-17-13-22-11-7-6-8-12-22;;/h6-8,11-12,19-20,26-27H,4-5,9-10,13-18H2,1-3H3;2*1H. The lowest BCUT2D eigenvalue weighted by Crippen LogP contribution is -2.19. The van der Waals surface area contributed by atoms with Gasteiger partial charge < -0.3 is 20.1 Å². The van der Waals surface area contributed by atoms with Gasteiger partial charge >= 0.3 is 0 Å². The first-order chi connectivity index (χ1) is 14.2. The van der Waals surface area contributed by atoms with Crippen LogP contribution in [0.2, 0.25) is 0 Å². The highest BCUT2D eigenvalue weighted by Crippen LogP contribution is 2.30. The molecular weight excluding hydrogens is 431 g/mol. The van der Waals surface area contributed by atoms with Crippen LogP contribution in [0.3, 0.4) is 0 Å². The van der Waals surface area contributed by atoms with Gasteiger partial charge in [0.05, 0.1) is 14.2 Å². The van der Waals surface area contributed by atoms with Crippen molar-refractivity contribution in [3.8, 4) is 11.5 Å². The van der Waals surface area contributed by atoms with Crippen LogP contribution in [0.15, 0.2) is 42.5 Å². The summed E-state index contributed by atoms with van der Waals surface area (Å²) in [7, 11) is 3.37. The quantitative estimate of drug-likeness (QED) is 0.342. The first-order valence-corrected chi connectivity index (χ1v) is 10.9. The Hall–Kier alpha value is -1.46. The molecule has 0 heterocycles. The van der Waals surface area contributed by atoms with Crippen molar-refractivity contribution in [1.29, 1.82) is 0 Å². The first kappa shape index (κ1) is 29.5. The van der Waals surface area contributed by atoms with E-state index in [-0.39, 0.29) is 24.8 Å². The Morgan fingerprint density at radius 2 is 1.23 bits per heavy atom. The summed E-state index contributed by atoms with van der Waals surface area (Å²) in [5.41, 5.74) is 3.98. The summed E-state index contributed by atoms with van der Waals surface area (Å²) in [5, 5.41) is 7.12. The molecule has 0 aliphatic heterocycles. The highest BCUT2D eigenvalue weighted by Gasteiger charge is 2.08. The van der Waals surface area contributed by atoms with Gasteiger partial charge in [-0.15, -0.1) is 24.8 Å². The van der Waals surface area contributed by atoms with Gasteiger partial charge in [-0.1, -0.05) is 43.2 Å². The molecule has 2 aromatic rings. The highest BCUT2D eigenvalue weighted by atomic mass is 35.5. The second kappa shape index (κ2) is 18.1. The minimum atomic E-state index is 0. The van der Waals surface area contributed by atoms with Crippen LogP contribution in [0.25, 0.3) is 0 Å². The molecule has 0 atom stereocenters. The minimum absolute atomic E-state index is 0. The van der Waals surface area contributed by atoms with Crippen LogP contribution in [0, 0.1) is 6.92 Å². The topological polar surface area (TPSA) is 42.5 Å². The fourth-order valence-electron chi connectivity index (χ4n) is 3.50. The van der Waals surface area contributed by atoms with Crippen LogP contribution in [-0.2, 0) is 12.8 Å². The van der Waals surface area contributed by atoms with Gasteiger partial charge in [-0.3, -0.25) is 0 Å². The lowest BCUT2D eigenvalue weighted by Gasteiger charge is -2.13. The Morgan fingerprint density at radius 1 is 0.677 bits per heavy atom. The first-order valence-electron chi connectivity index (χ1n) is 10.9. The van der Waals surface area contributed by atoms with Crippen molar-refractivity contribution in [2.75, 3.05) is 40.4 Å². The maximum Gasteiger partial charge on any atom is 0.161 e. The van der Waals surface area contributed by atoms with Gasteiger partial charge in [0, 0.05) is 0 Å². The maximum atomic E-state index is 5.41. The lowest BCUT2D eigenvalue weighted by molar-refractivity contribution is 0.354. The molecule has 2 rings (SSSR count). The van der Waals surface area contributed by atoms with Gasteiger partial charge in [0.1, 0.15) is 0 Å². The summed E-state index contributed by atoms with van der Waals surface area (Å²) in [6.07, 6.45) is 7.23. The number of ether oxygens (including phenoxy) is 2. The molecule has 2 N–H and O–H groups in total. The number of methoxy groups -OCH3 is 2. The zero-order chi connectivity index (χ0) is 20.7. The molecule has 0 saturated heterocycles. The number of rotatable bonds is 15. The summed E-state index contributed by atoms with van der Waals surface area (Å²) in [6, 6.07) is 14.8. The van der Waals surface area contributed by atoms with Crippen LogP contribution in [0.1, 0.15) is 42.4 Å². The van der Waals surface area contributed by atoms with Crippen LogP contribution < -0.4 is 20.1 Å². The zero-order valence-electron chi connectivity index (χ0n) is 19.2. The van der Waals surface area contributed by atoms with Crippen molar-refractivity contribution in [1.82, 2.24) is 10.6 Å². The summed E-state index contributed by atoms with van der Waals surface area (Å²) >= 11 is 0. The Bertz CT molecular complexity index is 699. The van der Waals surface area contributed by atoms with Gasteiger partial charge in [-0.05, 0) is 87.6 Å². The molecule has 0 saturated carbocycles. The SMILES string of the molecule is COc1cc(C)c(CCNCCCCCCNCCc2ccccc2)cc1OC.Cl.Cl. The fraction of sp³-hybridized carbons (Fsp3) is 0.520. The molecule has 2 aromatic carbocycles. The number of unbranched alkanes of at least 4 members (excludes halogenated alkanes) is 3. The molecule has 0 aromatic heterocycles. The van der Waals surface area contributed by atoms with Gasteiger partial charge in [0.2, 0.25) is 0 Å². The number of benzene rings is 2. The van der Waals surface area contributed by atoms with E-state index >= 15 is 0 Å². The van der Waals surface area contributed by atoms with E-state index < -0.39 is 0 Å². The van der Waals surface area contributed by atoms with E-state index in [9.17, 15) is 0 Å². The van der Waals surface area contributed by atoms with E-state index in [4.69, 9.17) is 9.47 Å². The number of aryl methyl sites for hydroxylation is 1. The Morgan fingerprint density at radius 3 is 1.81 bits per heavy atom. The van der Waals surface area contributed by atoms with E-state index in [2.05, 4.69) is 60.0 Å². The van der Waals surface area contributed by atoms with E-state index in [1.54, 1.807) is 14.2 Å². The monoisotopic (exact) mass is 470 g/mol. The second-order valence-electron chi connectivity index (χ2n) is 7.53. The summed E-state index contributed by atoms with van der Waals surface area (Å²) in [5.74, 6) is 1.61. The molecular formula is C25H40Cl2N2O2. The van der Waals surface area contributed by atoms with Crippen molar-refractivity contribution >= 4 is 24.8 Å². The normalized spacial score (nSPS) is 10.2. The van der Waals surface area contributed by atoms with Crippen molar-refractivity contribution in [3.05, 3.63) is 59.2 Å². The van der Waals surface area contributed by atoms with Gasteiger partial charge in [0.15, 0.2) is 11.5 Å². The highest BCUT2D eigenvalue weighted by molar-refractivity contribution is 5.85. The predicted octanol–water partition coefficient (Wildman–Crippen LogP) is 5.38. The number of hydrogen-bond acceptors (Lipinski definition) is 4. The van der Waals surface area contributed by atoms with Crippen LogP contribution in [0.5, 0.6) is 11.5 Å². The van der Waals surface area contributed by atoms with E-state index in [1.165, 1.54) is 42.4 Å². The van der Waals surface area contributed by atoms with Crippen molar-refractivity contribution in [2.45, 2.75) is 45.4 Å². The Kier molecular flexibility index (Phi) is 17.3. The molecule has 0 unspecified atom stereocenters. The van der Waals surface area contributed by atoms with Gasteiger partial charge in [-0.2, -0.15) is 0 Å². The summed E-state index contributed by atoms with van der Waals surface area (Å²) in [6.45, 7) is 6.41. The maximum absolute atomic E-state index is 5.41. The van der Waals surface area contributed by atoms with Crippen molar-refractivity contribution < 1.29 is 9.47 Å². The van der Waals surface area contributed by atoms with Crippen molar-refractivity contribution in [2.24, 2.45) is 0 Å². The summed E-state index contributed by atoms with van der Waals surface area (Å²) in [4.78, 5) is 0. The zero-order valence-corrected chi connectivity index (χ0v) is 20.9. The van der Waals surface area contributed by atoms with Gasteiger partial charge in [-0.25, -0.2) is 0 Å². The van der Waals surface area contributed by atoms with Crippen LogP contribution in [-0.4, -0.2) is 40.4 Å². The average molecular weight is 472 g/mol. The average Bonchev–Trinajstić information content (AvgIpc) is 2.75. The summed E-state index contributed by atoms with van der Waals surface area (Å²) < 4.78 is 10.8. The van der Waals surface area contributed by atoms with E-state index in [0.29, 0.717) is 0 Å². The molecule has 0 aliphatic carbocycles. The molecule has 176 valence electrons. The van der Waals surface area contributed by atoms with Crippen LogP contribution in [0.4, 0.5) is 0 Å². The Balaban J connectivity index is 0.00000450. The molecule has 31 heavy (non-hydrogen) atoms. The second-order valence-corrected chi connectivity index (χ2v) is 7.53. The largest absolute Gasteiger partial charge is 0.493 e. The fourth-order valence-corrected chi connectivity index (χ4v) is 3.50.